The van der Waals surface area contributed by atoms with E-state index in [-0.39, 0.29) is 11.6 Å². The number of Topliss-reactive ketones (excluding diaryl/α,β-unsaturated/α-hetero) is 1. The third-order valence-electron chi connectivity index (χ3n) is 5.32. The highest BCUT2D eigenvalue weighted by molar-refractivity contribution is 7.86. The highest BCUT2D eigenvalue weighted by Gasteiger charge is 2.12. The van der Waals surface area contributed by atoms with Crippen LogP contribution in [0.5, 0.6) is 0 Å². The van der Waals surface area contributed by atoms with Gasteiger partial charge in [-0.2, -0.15) is 0 Å². The third-order valence-corrected chi connectivity index (χ3v) is 6.50. The zero-order valence-corrected chi connectivity index (χ0v) is 18.9. The average molecular weight is 458 g/mol. The minimum absolute atomic E-state index is 0.0975. The average Bonchev–Trinajstić information content (AvgIpc) is 2.84. The van der Waals surface area contributed by atoms with Crippen LogP contribution in [0.25, 0.3) is 11.1 Å². The maximum Gasteiger partial charge on any atom is 0.150 e. The molecule has 0 fully saturated rings. The molecule has 0 aliphatic carbocycles. The molecule has 0 spiro atoms. The van der Waals surface area contributed by atoms with Crippen molar-refractivity contribution in [2.24, 2.45) is 0 Å². The number of anilines is 1. The number of hydrogen-bond donors (Lipinski definition) is 1. The first-order valence-electron chi connectivity index (χ1n) is 10.8. The highest BCUT2D eigenvalue weighted by atomic mass is 32.2. The SMILES string of the molecule is O=C(CCc1cccc(F)c1)Cc1ccc(NS(=O)c2ccccc2-c2ccccc2)cc1. The van der Waals surface area contributed by atoms with Crippen LogP contribution in [0.3, 0.4) is 0 Å². The molecule has 0 bridgehead atoms. The van der Waals surface area contributed by atoms with Crippen molar-refractivity contribution in [1.82, 2.24) is 0 Å². The Morgan fingerprint density at radius 1 is 0.788 bits per heavy atom. The van der Waals surface area contributed by atoms with Crippen LogP contribution in [-0.2, 0) is 28.6 Å². The number of halogens is 1. The van der Waals surface area contributed by atoms with Crippen LogP contribution in [0.15, 0.2) is 108 Å². The number of benzene rings is 4. The molecule has 3 nitrogen and oxygen atoms in total. The Hall–Kier alpha value is -3.57. The Bertz CT molecular complexity index is 1260. The summed E-state index contributed by atoms with van der Waals surface area (Å²) >= 11 is 0. The van der Waals surface area contributed by atoms with Crippen LogP contribution in [0, 0.1) is 5.82 Å². The first kappa shape index (κ1) is 22.6. The maximum absolute atomic E-state index is 13.3. The molecule has 0 aliphatic rings. The Labute approximate surface area is 195 Å². The van der Waals surface area contributed by atoms with E-state index in [0.29, 0.717) is 29.8 Å². The summed E-state index contributed by atoms with van der Waals surface area (Å²) in [6, 6.07) is 31.2. The summed E-state index contributed by atoms with van der Waals surface area (Å²) in [6.07, 6.45) is 1.20. The number of rotatable bonds is 9. The number of carbonyl (C=O) groups excluding carboxylic acids is 1. The summed E-state index contributed by atoms with van der Waals surface area (Å²) < 4.78 is 29.4. The van der Waals surface area contributed by atoms with Crippen LogP contribution < -0.4 is 4.72 Å². The smallest absolute Gasteiger partial charge is 0.150 e. The Morgan fingerprint density at radius 3 is 2.27 bits per heavy atom. The van der Waals surface area contributed by atoms with E-state index in [2.05, 4.69) is 4.72 Å². The second-order valence-electron chi connectivity index (χ2n) is 7.78. The van der Waals surface area contributed by atoms with Crippen LogP contribution in [0.4, 0.5) is 10.1 Å². The molecule has 0 amide bonds. The van der Waals surface area contributed by atoms with Gasteiger partial charge in [0.05, 0.1) is 4.90 Å². The van der Waals surface area contributed by atoms with Gasteiger partial charge in [-0.25, -0.2) is 8.60 Å². The van der Waals surface area contributed by atoms with Gasteiger partial charge in [0.1, 0.15) is 11.6 Å². The molecule has 0 saturated carbocycles. The molecule has 5 heteroatoms. The lowest BCUT2D eigenvalue weighted by molar-refractivity contribution is -0.118. The molecule has 0 aliphatic heterocycles. The highest BCUT2D eigenvalue weighted by Crippen LogP contribution is 2.26. The molecule has 1 unspecified atom stereocenters. The quantitative estimate of drug-likeness (QED) is 0.317. The third kappa shape index (κ3) is 6.24. The van der Waals surface area contributed by atoms with Crippen molar-refractivity contribution >= 4 is 22.5 Å². The van der Waals surface area contributed by atoms with Gasteiger partial charge in [0, 0.05) is 18.5 Å². The second kappa shape index (κ2) is 10.8. The molecule has 1 N–H and O–H groups in total. The largest absolute Gasteiger partial charge is 0.301 e. The van der Waals surface area contributed by atoms with E-state index >= 15 is 0 Å². The molecule has 4 rings (SSSR count). The van der Waals surface area contributed by atoms with Crippen LogP contribution in [-0.4, -0.2) is 9.99 Å². The van der Waals surface area contributed by atoms with E-state index < -0.39 is 11.0 Å². The molecule has 4 aromatic carbocycles. The lowest BCUT2D eigenvalue weighted by Crippen LogP contribution is -2.07. The van der Waals surface area contributed by atoms with Gasteiger partial charge in [-0.1, -0.05) is 72.8 Å². The van der Waals surface area contributed by atoms with Crippen molar-refractivity contribution in [1.29, 1.82) is 0 Å². The van der Waals surface area contributed by atoms with E-state index in [4.69, 9.17) is 0 Å². The number of ketones is 1. The van der Waals surface area contributed by atoms with Crippen LogP contribution in [0.2, 0.25) is 0 Å². The summed E-state index contributed by atoms with van der Waals surface area (Å²) in [6.45, 7) is 0. The summed E-state index contributed by atoms with van der Waals surface area (Å²) in [5.74, 6) is -0.188. The molecule has 0 saturated heterocycles. The lowest BCUT2D eigenvalue weighted by atomic mass is 10.0. The van der Waals surface area contributed by atoms with Gasteiger partial charge in [-0.05, 0) is 59.0 Å². The topological polar surface area (TPSA) is 46.2 Å². The van der Waals surface area contributed by atoms with Crippen molar-refractivity contribution < 1.29 is 13.4 Å². The standard InChI is InChI=1S/C28H24FNO2S/c29-24-10-6-7-21(19-24)15-18-26(31)20-22-13-16-25(17-14-22)30-33(32)28-12-5-4-11-27(28)23-8-2-1-3-9-23/h1-14,16-17,19,30H,15,18,20H2. The number of aryl methyl sites for hydroxylation is 1. The molecule has 33 heavy (non-hydrogen) atoms. The summed E-state index contributed by atoms with van der Waals surface area (Å²) in [7, 11) is -1.44. The van der Waals surface area contributed by atoms with Crippen LogP contribution >= 0.6 is 0 Å². The van der Waals surface area contributed by atoms with E-state index in [1.807, 2.05) is 84.9 Å². The van der Waals surface area contributed by atoms with Gasteiger partial charge >= 0.3 is 0 Å². The first-order chi connectivity index (χ1) is 16.1. The van der Waals surface area contributed by atoms with Gasteiger partial charge in [-0.3, -0.25) is 4.79 Å². The van der Waals surface area contributed by atoms with Crippen molar-refractivity contribution in [3.63, 3.8) is 0 Å². The number of hydrogen-bond acceptors (Lipinski definition) is 2. The van der Waals surface area contributed by atoms with Gasteiger partial charge in [0.25, 0.3) is 0 Å². The lowest BCUT2D eigenvalue weighted by Gasteiger charge is -2.11. The fourth-order valence-corrected chi connectivity index (χ4v) is 4.68. The Kier molecular flexibility index (Phi) is 7.43. The predicted octanol–water partition coefficient (Wildman–Crippen LogP) is 6.37. The summed E-state index contributed by atoms with van der Waals surface area (Å²) in [5, 5.41) is 0. The number of carbonyl (C=O) groups is 1. The maximum atomic E-state index is 13.3. The van der Waals surface area contributed by atoms with Gasteiger partial charge in [0.15, 0.2) is 11.0 Å². The predicted molar refractivity (Wildman–Crippen MR) is 132 cm³/mol. The fourth-order valence-electron chi connectivity index (χ4n) is 3.63. The van der Waals surface area contributed by atoms with E-state index in [9.17, 15) is 13.4 Å². The Morgan fingerprint density at radius 2 is 1.52 bits per heavy atom. The normalized spacial score (nSPS) is 11.7. The number of nitrogens with one attached hydrogen (secondary N) is 1. The van der Waals surface area contributed by atoms with Crippen molar-refractivity contribution in [2.75, 3.05) is 4.72 Å². The van der Waals surface area contributed by atoms with Gasteiger partial charge < -0.3 is 4.72 Å². The minimum atomic E-state index is -1.44. The van der Waals surface area contributed by atoms with Crippen molar-refractivity contribution in [3.8, 4) is 11.1 Å². The second-order valence-corrected chi connectivity index (χ2v) is 8.96. The molecule has 4 aromatic rings. The zero-order chi connectivity index (χ0) is 23.0. The van der Waals surface area contributed by atoms with Crippen molar-refractivity contribution in [3.05, 3.63) is 120 Å². The molecule has 1 atom stereocenters. The summed E-state index contributed by atoms with van der Waals surface area (Å²) in [5.41, 5.74) is 4.35. The van der Waals surface area contributed by atoms with E-state index in [1.54, 1.807) is 6.07 Å². The monoisotopic (exact) mass is 457 g/mol. The zero-order valence-electron chi connectivity index (χ0n) is 18.0. The van der Waals surface area contributed by atoms with E-state index in [0.717, 1.165) is 22.3 Å². The van der Waals surface area contributed by atoms with Gasteiger partial charge in [-0.15, -0.1) is 0 Å². The molecule has 0 aromatic heterocycles. The Balaban J connectivity index is 1.36. The molecule has 0 heterocycles. The molecule has 0 radical (unpaired) electrons. The fraction of sp³-hybridized carbons (Fsp3) is 0.107. The van der Waals surface area contributed by atoms with Crippen LogP contribution in [0.1, 0.15) is 17.5 Å². The molecular weight excluding hydrogens is 433 g/mol. The molecule has 166 valence electrons. The minimum Gasteiger partial charge on any atom is -0.301 e. The summed E-state index contributed by atoms with van der Waals surface area (Å²) in [4.78, 5) is 13.0. The van der Waals surface area contributed by atoms with Crippen molar-refractivity contribution in [2.45, 2.75) is 24.2 Å². The molecular formula is C28H24FNO2S. The first-order valence-corrected chi connectivity index (χ1v) is 11.9. The van der Waals surface area contributed by atoms with Gasteiger partial charge in [0.2, 0.25) is 0 Å². The van der Waals surface area contributed by atoms with E-state index in [1.165, 1.54) is 12.1 Å².